The van der Waals surface area contributed by atoms with Gasteiger partial charge in [0.2, 0.25) is 0 Å². The average Bonchev–Trinajstić information content (AvgIpc) is 2.31. The lowest BCUT2D eigenvalue weighted by Gasteiger charge is -2.11. The van der Waals surface area contributed by atoms with Gasteiger partial charge in [-0.05, 0) is 42.9 Å². The Morgan fingerprint density at radius 2 is 1.93 bits per heavy atom. The van der Waals surface area contributed by atoms with E-state index in [1.807, 2.05) is 18.2 Å². The molecule has 78 valence electrons. The Kier molecular flexibility index (Phi) is 3.63. The second-order valence-corrected chi connectivity index (χ2v) is 4.29. The molecule has 0 unspecified atom stereocenters. The van der Waals surface area contributed by atoms with E-state index in [-0.39, 0.29) is 0 Å². The van der Waals surface area contributed by atoms with Crippen molar-refractivity contribution in [2.24, 2.45) is 0 Å². The Balaban J connectivity index is 2.16. The SMILES string of the molecule is Cl/C(=C\c1ccccc1)C1=CCCCC1. The largest absolute Gasteiger partial charge is 0.0840 e. The first-order valence-electron chi connectivity index (χ1n) is 5.48. The molecule has 1 aromatic carbocycles. The summed E-state index contributed by atoms with van der Waals surface area (Å²) in [6.07, 6.45) is 9.20. The van der Waals surface area contributed by atoms with E-state index in [4.69, 9.17) is 11.6 Å². The molecule has 0 amide bonds. The molecule has 0 saturated carbocycles. The number of rotatable bonds is 2. The molecule has 0 radical (unpaired) electrons. The van der Waals surface area contributed by atoms with Crippen LogP contribution in [0.5, 0.6) is 0 Å². The van der Waals surface area contributed by atoms with Crippen LogP contribution in [0, 0.1) is 0 Å². The van der Waals surface area contributed by atoms with Gasteiger partial charge in [-0.3, -0.25) is 0 Å². The topological polar surface area (TPSA) is 0 Å². The zero-order valence-corrected chi connectivity index (χ0v) is 9.50. The van der Waals surface area contributed by atoms with Crippen LogP contribution in [-0.2, 0) is 0 Å². The van der Waals surface area contributed by atoms with E-state index in [1.54, 1.807) is 0 Å². The van der Waals surface area contributed by atoms with Gasteiger partial charge >= 0.3 is 0 Å². The second kappa shape index (κ2) is 5.18. The Hall–Kier alpha value is -1.01. The number of halogens is 1. The highest BCUT2D eigenvalue weighted by atomic mass is 35.5. The van der Waals surface area contributed by atoms with Gasteiger partial charge in [0, 0.05) is 5.03 Å². The fraction of sp³-hybridized carbons (Fsp3) is 0.286. The molecule has 0 atom stereocenters. The predicted octanol–water partition coefficient (Wildman–Crippen LogP) is 4.77. The molecule has 15 heavy (non-hydrogen) atoms. The molecule has 1 aliphatic carbocycles. The monoisotopic (exact) mass is 218 g/mol. The molecule has 0 fully saturated rings. The highest BCUT2D eigenvalue weighted by Crippen LogP contribution is 2.27. The molecule has 0 spiro atoms. The summed E-state index contributed by atoms with van der Waals surface area (Å²) in [5.41, 5.74) is 2.49. The van der Waals surface area contributed by atoms with Gasteiger partial charge in [0.25, 0.3) is 0 Å². The van der Waals surface area contributed by atoms with Gasteiger partial charge in [-0.2, -0.15) is 0 Å². The van der Waals surface area contributed by atoms with Gasteiger partial charge in [0.1, 0.15) is 0 Å². The molecule has 0 bridgehead atoms. The quantitative estimate of drug-likeness (QED) is 0.671. The summed E-state index contributed by atoms with van der Waals surface area (Å²) in [4.78, 5) is 0. The van der Waals surface area contributed by atoms with Crippen LogP contribution in [0.4, 0.5) is 0 Å². The summed E-state index contributed by atoms with van der Waals surface area (Å²) in [5, 5.41) is 0.904. The molecule has 0 nitrogen and oxygen atoms in total. The first-order chi connectivity index (χ1) is 7.36. The molecule has 0 aromatic heterocycles. The maximum Gasteiger partial charge on any atom is 0.0440 e. The molecule has 2 rings (SSSR count). The zero-order chi connectivity index (χ0) is 10.5. The maximum atomic E-state index is 6.29. The van der Waals surface area contributed by atoms with Gasteiger partial charge in [-0.15, -0.1) is 0 Å². The molecule has 0 saturated heterocycles. The summed E-state index contributed by atoms with van der Waals surface area (Å²) < 4.78 is 0. The summed E-state index contributed by atoms with van der Waals surface area (Å²) in [7, 11) is 0. The van der Waals surface area contributed by atoms with E-state index in [0.29, 0.717) is 0 Å². The van der Waals surface area contributed by atoms with Crippen LogP contribution >= 0.6 is 11.6 Å². The fourth-order valence-electron chi connectivity index (χ4n) is 1.84. The van der Waals surface area contributed by atoms with Crippen LogP contribution in [0.15, 0.2) is 47.0 Å². The molecular weight excluding hydrogens is 204 g/mol. The lowest BCUT2D eigenvalue weighted by Crippen LogP contribution is -1.91. The van der Waals surface area contributed by atoms with Crippen molar-refractivity contribution < 1.29 is 0 Å². The third-order valence-corrected chi connectivity index (χ3v) is 3.04. The first kappa shape index (κ1) is 10.5. The van der Waals surface area contributed by atoms with Crippen molar-refractivity contribution in [1.29, 1.82) is 0 Å². The lowest BCUT2D eigenvalue weighted by molar-refractivity contribution is 0.711. The van der Waals surface area contributed by atoms with Gasteiger partial charge in [-0.1, -0.05) is 48.0 Å². The highest BCUT2D eigenvalue weighted by Gasteiger charge is 2.06. The van der Waals surface area contributed by atoms with Gasteiger partial charge in [0.15, 0.2) is 0 Å². The zero-order valence-electron chi connectivity index (χ0n) is 8.75. The minimum atomic E-state index is 0.904. The van der Waals surface area contributed by atoms with Crippen molar-refractivity contribution in [2.45, 2.75) is 25.7 Å². The molecule has 0 N–H and O–H groups in total. The van der Waals surface area contributed by atoms with Crippen LogP contribution in [0.3, 0.4) is 0 Å². The van der Waals surface area contributed by atoms with Crippen molar-refractivity contribution >= 4 is 17.7 Å². The van der Waals surface area contributed by atoms with E-state index in [9.17, 15) is 0 Å². The summed E-state index contributed by atoms with van der Waals surface area (Å²) in [6, 6.07) is 10.2. The van der Waals surface area contributed by atoms with Crippen molar-refractivity contribution in [3.63, 3.8) is 0 Å². The third kappa shape index (κ3) is 2.97. The Morgan fingerprint density at radius 3 is 2.60 bits per heavy atom. The molecular formula is C14H15Cl. The summed E-state index contributed by atoms with van der Waals surface area (Å²) >= 11 is 6.29. The number of allylic oxidation sites excluding steroid dienone is 3. The normalized spacial score (nSPS) is 17.4. The van der Waals surface area contributed by atoms with E-state index >= 15 is 0 Å². The number of hydrogen-bond acceptors (Lipinski definition) is 0. The van der Waals surface area contributed by atoms with Crippen LogP contribution in [-0.4, -0.2) is 0 Å². The van der Waals surface area contributed by atoms with E-state index in [2.05, 4.69) is 24.3 Å². The Bertz CT molecular complexity index is 374. The van der Waals surface area contributed by atoms with Crippen molar-refractivity contribution in [3.05, 3.63) is 52.6 Å². The van der Waals surface area contributed by atoms with Crippen molar-refractivity contribution in [3.8, 4) is 0 Å². The third-order valence-electron chi connectivity index (χ3n) is 2.69. The van der Waals surface area contributed by atoms with Crippen LogP contribution < -0.4 is 0 Å². The van der Waals surface area contributed by atoms with Gasteiger partial charge < -0.3 is 0 Å². The van der Waals surface area contributed by atoms with Crippen LogP contribution in [0.1, 0.15) is 31.2 Å². The average molecular weight is 219 g/mol. The molecule has 1 heteroatoms. The molecule has 0 heterocycles. The summed E-state index contributed by atoms with van der Waals surface area (Å²) in [5.74, 6) is 0. The maximum absolute atomic E-state index is 6.29. The molecule has 1 aliphatic rings. The highest BCUT2D eigenvalue weighted by molar-refractivity contribution is 6.34. The van der Waals surface area contributed by atoms with Crippen molar-refractivity contribution in [1.82, 2.24) is 0 Å². The first-order valence-corrected chi connectivity index (χ1v) is 5.86. The van der Waals surface area contributed by atoms with Crippen molar-refractivity contribution in [2.75, 3.05) is 0 Å². The van der Waals surface area contributed by atoms with E-state index < -0.39 is 0 Å². The standard InChI is InChI=1S/C14H15Cl/c15-14(13-9-5-2-6-10-13)11-12-7-3-1-4-8-12/h1,3-4,7-9,11H,2,5-6,10H2/b14-11-. The predicted molar refractivity (Wildman–Crippen MR) is 66.8 cm³/mol. The smallest absolute Gasteiger partial charge is 0.0440 e. The Morgan fingerprint density at radius 1 is 1.13 bits per heavy atom. The number of benzene rings is 1. The van der Waals surface area contributed by atoms with Crippen LogP contribution in [0.25, 0.3) is 6.08 Å². The lowest BCUT2D eigenvalue weighted by atomic mass is 9.98. The Labute approximate surface area is 96.3 Å². The minimum absolute atomic E-state index is 0.904. The fourth-order valence-corrected chi connectivity index (χ4v) is 2.14. The molecule has 1 aromatic rings. The van der Waals surface area contributed by atoms with E-state index in [1.165, 1.54) is 30.4 Å². The number of hydrogen-bond donors (Lipinski definition) is 0. The van der Waals surface area contributed by atoms with Gasteiger partial charge in [0.05, 0.1) is 0 Å². The van der Waals surface area contributed by atoms with Gasteiger partial charge in [-0.25, -0.2) is 0 Å². The van der Waals surface area contributed by atoms with E-state index in [0.717, 1.165) is 11.5 Å². The second-order valence-electron chi connectivity index (χ2n) is 3.88. The minimum Gasteiger partial charge on any atom is -0.0840 e. The van der Waals surface area contributed by atoms with Crippen LogP contribution in [0.2, 0.25) is 0 Å². The molecule has 0 aliphatic heterocycles. The summed E-state index contributed by atoms with van der Waals surface area (Å²) in [6.45, 7) is 0.